The zero-order valence-electron chi connectivity index (χ0n) is 25.2. The summed E-state index contributed by atoms with van der Waals surface area (Å²) in [6, 6.07) is 0. The van der Waals surface area contributed by atoms with E-state index in [-0.39, 0.29) is 22.8 Å². The topological polar surface area (TPSA) is 81.7 Å². The molecule has 3 heterocycles. The molecule has 3 aliphatic heterocycles. The fraction of sp³-hybridized carbons (Fsp3) is 0.906. The molecule has 0 radical (unpaired) electrons. The van der Waals surface area contributed by atoms with E-state index in [4.69, 9.17) is 33.2 Å². The lowest BCUT2D eigenvalue weighted by molar-refractivity contribution is -0.331. The smallest absolute Gasteiger partial charge is 0.333 e. The largest absolute Gasteiger partial charge is 0.455 e. The number of ether oxygens (including phenoxy) is 7. The Morgan fingerprint density at radius 1 is 0.625 bits per heavy atom. The molecule has 7 fully saturated rings. The van der Waals surface area contributed by atoms with Gasteiger partial charge in [-0.25, -0.2) is 4.79 Å². The van der Waals surface area contributed by atoms with Gasteiger partial charge >= 0.3 is 5.97 Å². The first-order valence-corrected chi connectivity index (χ1v) is 15.5. The lowest BCUT2D eigenvalue weighted by atomic mass is 9.48. The maximum Gasteiger partial charge on any atom is 0.333 e. The van der Waals surface area contributed by atoms with Crippen molar-refractivity contribution in [3.63, 3.8) is 0 Å². The van der Waals surface area contributed by atoms with E-state index in [2.05, 4.69) is 27.4 Å². The molecule has 226 valence electrons. The lowest BCUT2D eigenvalue weighted by Crippen LogP contribution is -2.74. The minimum Gasteiger partial charge on any atom is -0.455 e. The summed E-state index contributed by atoms with van der Waals surface area (Å²) in [7, 11) is 0. The van der Waals surface area contributed by atoms with Gasteiger partial charge in [0.25, 0.3) is 0 Å². The molecule has 4 bridgehead atoms. The van der Waals surface area contributed by atoms with E-state index in [1.807, 2.05) is 0 Å². The Morgan fingerprint density at radius 2 is 0.925 bits per heavy atom. The zero-order valence-corrected chi connectivity index (χ0v) is 25.2. The fourth-order valence-corrected chi connectivity index (χ4v) is 8.52. The zero-order chi connectivity index (χ0) is 28.3. The first-order valence-electron chi connectivity index (χ1n) is 15.5. The fourth-order valence-electron chi connectivity index (χ4n) is 8.52. The van der Waals surface area contributed by atoms with Crippen molar-refractivity contribution in [2.45, 2.75) is 144 Å². The average Bonchev–Trinajstić information content (AvgIpc) is 2.79. The van der Waals surface area contributed by atoms with Crippen LogP contribution in [0.2, 0.25) is 0 Å². The summed E-state index contributed by atoms with van der Waals surface area (Å²) < 4.78 is 44.6. The molecular weight excluding hydrogens is 512 g/mol. The van der Waals surface area contributed by atoms with Crippen molar-refractivity contribution in [2.75, 3.05) is 39.6 Å². The monoisotopic (exact) mass is 562 g/mol. The van der Waals surface area contributed by atoms with E-state index < -0.39 is 22.4 Å². The number of esters is 1. The molecule has 3 atom stereocenters. The van der Waals surface area contributed by atoms with E-state index in [0.717, 1.165) is 77.6 Å². The van der Waals surface area contributed by atoms with Crippen LogP contribution in [0.4, 0.5) is 0 Å². The molecule has 7 rings (SSSR count). The molecule has 8 heteroatoms. The van der Waals surface area contributed by atoms with Crippen molar-refractivity contribution in [3.05, 3.63) is 12.2 Å². The quantitative estimate of drug-likeness (QED) is 0.211. The molecule has 3 unspecified atom stereocenters. The first kappa shape index (κ1) is 29.1. The third kappa shape index (κ3) is 5.66. The predicted molar refractivity (Wildman–Crippen MR) is 148 cm³/mol. The van der Waals surface area contributed by atoms with E-state index >= 15 is 0 Å². The van der Waals surface area contributed by atoms with Crippen molar-refractivity contribution in [2.24, 2.45) is 0 Å². The van der Waals surface area contributed by atoms with E-state index in [0.29, 0.717) is 44.7 Å². The Bertz CT molecular complexity index is 882. The van der Waals surface area contributed by atoms with E-state index in [9.17, 15) is 4.79 Å². The third-order valence-corrected chi connectivity index (χ3v) is 10.9. The van der Waals surface area contributed by atoms with Crippen molar-refractivity contribution >= 4 is 5.97 Å². The Labute approximate surface area is 239 Å². The molecule has 8 nitrogen and oxygen atoms in total. The van der Waals surface area contributed by atoms with Crippen molar-refractivity contribution in [1.29, 1.82) is 0 Å². The highest BCUT2D eigenvalue weighted by atomic mass is 16.6. The Morgan fingerprint density at radius 3 is 1.18 bits per heavy atom. The van der Waals surface area contributed by atoms with Crippen LogP contribution in [0, 0.1) is 0 Å². The SMILES string of the molecule is C=C(C)C(=O)OC12CC3(OCCC4(C)CCO4)CC(OCCC4(C)CCO4)(CC(OCCC4(C)CCO4)(C3)C1)C2. The molecular formula is C32H50O8. The third-order valence-electron chi connectivity index (χ3n) is 10.9. The molecule has 0 spiro atoms. The molecule has 0 aromatic carbocycles. The minimum absolute atomic E-state index is 0.106. The molecule has 0 aromatic rings. The highest BCUT2D eigenvalue weighted by Crippen LogP contribution is 2.66. The van der Waals surface area contributed by atoms with Crippen LogP contribution in [-0.2, 0) is 38.0 Å². The Hall–Kier alpha value is -1.03. The van der Waals surface area contributed by atoms with Crippen molar-refractivity contribution in [3.8, 4) is 0 Å². The van der Waals surface area contributed by atoms with Gasteiger partial charge in [-0.1, -0.05) is 6.58 Å². The van der Waals surface area contributed by atoms with Gasteiger partial charge in [0.2, 0.25) is 0 Å². The number of carbonyl (C=O) groups excluding carboxylic acids is 1. The van der Waals surface area contributed by atoms with Crippen LogP contribution in [0.15, 0.2) is 12.2 Å². The van der Waals surface area contributed by atoms with E-state index in [1.54, 1.807) is 6.92 Å². The second kappa shape index (κ2) is 10.0. The molecule has 0 aromatic heterocycles. The second-order valence-corrected chi connectivity index (χ2v) is 14.9. The average molecular weight is 563 g/mol. The van der Waals surface area contributed by atoms with Crippen LogP contribution in [0.25, 0.3) is 0 Å². The summed E-state index contributed by atoms with van der Waals surface area (Å²) in [5, 5.41) is 0. The van der Waals surface area contributed by atoms with Gasteiger partial charge in [-0.15, -0.1) is 0 Å². The van der Waals surface area contributed by atoms with E-state index in [1.165, 1.54) is 0 Å². The standard InChI is InChI=1S/C32H50O8/c1-24(2)25(33)40-32-21-29(37-15-9-26(3)6-12-34-26)18-30(22-32,38-16-10-27(4)7-13-35-27)20-31(19-29,23-32)39-17-11-28(5)8-14-36-28/h1,6-23H2,2-5H3. The van der Waals surface area contributed by atoms with Crippen LogP contribution in [0.1, 0.15) is 105 Å². The van der Waals surface area contributed by atoms with Crippen LogP contribution in [-0.4, -0.2) is 84.8 Å². The number of hydrogen-bond acceptors (Lipinski definition) is 8. The van der Waals surface area contributed by atoms with Crippen LogP contribution in [0.3, 0.4) is 0 Å². The van der Waals surface area contributed by atoms with Gasteiger partial charge in [-0.2, -0.15) is 0 Å². The summed E-state index contributed by atoms with van der Waals surface area (Å²) in [5.74, 6) is -0.344. The molecule has 7 aliphatic rings. The second-order valence-electron chi connectivity index (χ2n) is 14.9. The van der Waals surface area contributed by atoms with Gasteiger partial charge in [0.05, 0.1) is 73.2 Å². The highest BCUT2D eigenvalue weighted by molar-refractivity contribution is 5.87. The number of hydrogen-bond donors (Lipinski definition) is 0. The normalized spacial score (nSPS) is 46.8. The van der Waals surface area contributed by atoms with Crippen LogP contribution in [0.5, 0.6) is 0 Å². The van der Waals surface area contributed by atoms with Gasteiger partial charge < -0.3 is 33.2 Å². The number of carbonyl (C=O) groups is 1. The van der Waals surface area contributed by atoms with Gasteiger partial charge in [-0.05, 0) is 66.2 Å². The summed E-state index contributed by atoms with van der Waals surface area (Å²) in [6.07, 6.45) is 10.1. The molecule has 4 aliphatic carbocycles. The van der Waals surface area contributed by atoms with Gasteiger partial charge in [-0.3, -0.25) is 0 Å². The van der Waals surface area contributed by atoms with Crippen molar-refractivity contribution in [1.82, 2.24) is 0 Å². The van der Waals surface area contributed by atoms with Gasteiger partial charge in [0.15, 0.2) is 0 Å². The summed E-state index contributed by atoms with van der Waals surface area (Å²) in [4.78, 5) is 13.0. The Kier molecular flexibility index (Phi) is 7.28. The lowest BCUT2D eigenvalue weighted by Gasteiger charge is -2.68. The minimum atomic E-state index is -0.713. The summed E-state index contributed by atoms with van der Waals surface area (Å²) in [5.41, 5.74) is -2.08. The Balaban J connectivity index is 1.25. The predicted octanol–water partition coefficient (Wildman–Crippen LogP) is 5.20. The van der Waals surface area contributed by atoms with Gasteiger partial charge in [0.1, 0.15) is 5.60 Å². The molecule has 40 heavy (non-hydrogen) atoms. The number of rotatable bonds is 14. The summed E-state index contributed by atoms with van der Waals surface area (Å²) in [6.45, 7) is 16.3. The summed E-state index contributed by atoms with van der Waals surface area (Å²) >= 11 is 0. The molecule has 0 amide bonds. The molecule has 3 saturated heterocycles. The van der Waals surface area contributed by atoms with Crippen LogP contribution >= 0.6 is 0 Å². The molecule has 4 saturated carbocycles. The molecule has 0 N–H and O–H groups in total. The van der Waals surface area contributed by atoms with Crippen molar-refractivity contribution < 1.29 is 38.0 Å². The first-order chi connectivity index (χ1) is 18.8. The highest BCUT2D eigenvalue weighted by Gasteiger charge is 2.72. The maximum atomic E-state index is 13.0. The van der Waals surface area contributed by atoms with Gasteiger partial charge in [0, 0.05) is 44.1 Å². The van der Waals surface area contributed by atoms with Crippen LogP contribution < -0.4 is 0 Å². The maximum absolute atomic E-state index is 13.0.